The Hall–Kier alpha value is -0.325. The van der Waals surface area contributed by atoms with Crippen molar-refractivity contribution in [2.24, 2.45) is 0 Å². The number of hydrogen-bond donors (Lipinski definition) is 1. The molecule has 1 aliphatic rings. The molecule has 0 radical (unpaired) electrons. The van der Waals surface area contributed by atoms with Gasteiger partial charge in [-0.15, -0.1) is 0 Å². The van der Waals surface area contributed by atoms with E-state index in [1.165, 1.54) is 0 Å². The van der Waals surface area contributed by atoms with Crippen LogP contribution in [0, 0.1) is 0 Å². The minimum Gasteiger partial charge on any atom is -0.403 e. The monoisotopic (exact) mass is 346 g/mol. The van der Waals surface area contributed by atoms with Crippen molar-refractivity contribution in [2.45, 2.75) is 78.3 Å². The molecule has 0 aromatic heterocycles. The predicted octanol–water partition coefficient (Wildman–Crippen LogP) is 5.44. The molecule has 0 aliphatic carbocycles. The third kappa shape index (κ3) is 6.59. The summed E-state index contributed by atoms with van der Waals surface area (Å²) in [5.74, 6) is 0.135. The lowest BCUT2D eigenvalue weighted by Crippen LogP contribution is -2.44. The lowest BCUT2D eigenvalue weighted by Gasteiger charge is -2.35. The number of hydrogen-bond acceptors (Lipinski definition) is 4. The molecule has 6 heteroatoms. The van der Waals surface area contributed by atoms with Crippen LogP contribution in [0.2, 0.25) is 5.82 Å². The van der Waals surface area contributed by atoms with Crippen LogP contribution in [-0.2, 0) is 14.2 Å². The molecular formula is C17H32BClO4. The summed E-state index contributed by atoms with van der Waals surface area (Å²) in [6, 6.07) is 0. The average Bonchev–Trinajstić information content (AvgIpc) is 2.77. The van der Waals surface area contributed by atoms with Crippen LogP contribution in [0.25, 0.3) is 0 Å². The lowest BCUT2D eigenvalue weighted by molar-refractivity contribution is -0.231. The van der Waals surface area contributed by atoms with Crippen LogP contribution in [0.4, 0.5) is 0 Å². The second kappa shape index (κ2) is 10.5. The van der Waals surface area contributed by atoms with Gasteiger partial charge < -0.3 is 9.31 Å². The van der Waals surface area contributed by atoms with Gasteiger partial charge in [0.1, 0.15) is 6.61 Å². The SMILES string of the molecule is CC.CCC1(C)OB([C@@H](C)C=CC/C(Cl)=C\COO)OC1(C)C. The zero-order chi connectivity index (χ0) is 18.1. The summed E-state index contributed by atoms with van der Waals surface area (Å²) in [7, 11) is -0.246. The normalized spacial score (nSPS) is 25.4. The minimum atomic E-state index is -0.301. The molecule has 1 N–H and O–H groups in total. The van der Waals surface area contributed by atoms with Crippen molar-refractivity contribution >= 4 is 18.7 Å². The van der Waals surface area contributed by atoms with E-state index in [0.717, 1.165) is 6.42 Å². The first kappa shape index (κ1) is 22.7. The summed E-state index contributed by atoms with van der Waals surface area (Å²) in [5, 5.41) is 8.86. The minimum absolute atomic E-state index is 0.0973. The van der Waals surface area contributed by atoms with Gasteiger partial charge in [-0.3, -0.25) is 5.26 Å². The van der Waals surface area contributed by atoms with Gasteiger partial charge in [0.2, 0.25) is 0 Å². The van der Waals surface area contributed by atoms with Gasteiger partial charge in [-0.25, -0.2) is 4.89 Å². The molecule has 0 aromatic carbocycles. The van der Waals surface area contributed by atoms with Crippen LogP contribution >= 0.6 is 11.6 Å². The molecule has 0 saturated carbocycles. The van der Waals surface area contributed by atoms with E-state index in [2.05, 4.69) is 39.5 Å². The van der Waals surface area contributed by atoms with Crippen LogP contribution in [-0.4, -0.2) is 30.2 Å². The highest BCUT2D eigenvalue weighted by Gasteiger charge is 2.53. The summed E-state index contributed by atoms with van der Waals surface area (Å²) in [4.78, 5) is 3.95. The smallest absolute Gasteiger partial charge is 0.403 e. The van der Waals surface area contributed by atoms with Crippen molar-refractivity contribution in [1.82, 2.24) is 0 Å². The molecule has 1 unspecified atom stereocenters. The summed E-state index contributed by atoms with van der Waals surface area (Å²) >= 11 is 5.97. The van der Waals surface area contributed by atoms with E-state index in [0.29, 0.717) is 11.5 Å². The van der Waals surface area contributed by atoms with Gasteiger partial charge in [-0.2, -0.15) is 0 Å². The van der Waals surface area contributed by atoms with E-state index in [-0.39, 0.29) is 30.7 Å². The molecule has 23 heavy (non-hydrogen) atoms. The molecule has 1 rings (SSSR count). The van der Waals surface area contributed by atoms with Gasteiger partial charge in [-0.05, 0) is 33.3 Å². The van der Waals surface area contributed by atoms with Gasteiger partial charge in [0.15, 0.2) is 0 Å². The van der Waals surface area contributed by atoms with E-state index in [1.54, 1.807) is 6.08 Å². The highest BCUT2D eigenvalue weighted by atomic mass is 35.5. The van der Waals surface area contributed by atoms with Crippen molar-refractivity contribution in [1.29, 1.82) is 0 Å². The summed E-state index contributed by atoms with van der Waals surface area (Å²) in [6.45, 7) is 14.5. The van der Waals surface area contributed by atoms with Gasteiger partial charge in [-0.1, -0.05) is 51.4 Å². The Morgan fingerprint density at radius 2 is 1.91 bits per heavy atom. The first-order chi connectivity index (χ1) is 10.8. The predicted molar refractivity (Wildman–Crippen MR) is 97.7 cm³/mol. The Morgan fingerprint density at radius 1 is 1.30 bits per heavy atom. The largest absolute Gasteiger partial charge is 0.464 e. The molecule has 1 fully saturated rings. The topological polar surface area (TPSA) is 47.9 Å². The molecule has 0 aromatic rings. The fourth-order valence-electron chi connectivity index (χ4n) is 2.26. The number of allylic oxidation sites excluding steroid dienone is 3. The number of rotatable bonds is 7. The highest BCUT2D eigenvalue weighted by molar-refractivity contribution is 6.48. The van der Waals surface area contributed by atoms with Crippen molar-refractivity contribution in [2.75, 3.05) is 6.61 Å². The maximum Gasteiger partial charge on any atom is 0.464 e. The van der Waals surface area contributed by atoms with Gasteiger partial charge in [0.05, 0.1) is 11.2 Å². The fraction of sp³-hybridized carbons (Fsp3) is 0.765. The van der Waals surface area contributed by atoms with E-state index < -0.39 is 0 Å². The van der Waals surface area contributed by atoms with Crippen molar-refractivity contribution < 1.29 is 19.5 Å². The second-order valence-electron chi connectivity index (χ2n) is 6.14. The van der Waals surface area contributed by atoms with Crippen molar-refractivity contribution in [3.63, 3.8) is 0 Å². The summed E-state index contributed by atoms with van der Waals surface area (Å²) in [6.07, 6.45) is 7.13. The van der Waals surface area contributed by atoms with Gasteiger partial charge in [0.25, 0.3) is 0 Å². The maximum atomic E-state index is 8.24. The van der Waals surface area contributed by atoms with Gasteiger partial charge >= 0.3 is 7.12 Å². The quantitative estimate of drug-likeness (QED) is 0.288. The number of halogens is 1. The highest BCUT2D eigenvalue weighted by Crippen LogP contribution is 2.42. The summed E-state index contributed by atoms with van der Waals surface area (Å²) in [5.41, 5.74) is -0.569. The van der Waals surface area contributed by atoms with Crippen LogP contribution in [0.1, 0.15) is 61.3 Å². The first-order valence-electron chi connectivity index (χ1n) is 8.39. The Bertz CT molecular complexity index is 398. The molecule has 0 amide bonds. The fourth-order valence-corrected chi connectivity index (χ4v) is 2.41. The third-order valence-electron chi connectivity index (χ3n) is 4.30. The summed E-state index contributed by atoms with van der Waals surface area (Å²) < 4.78 is 12.2. The van der Waals surface area contributed by atoms with Crippen molar-refractivity contribution in [3.05, 3.63) is 23.3 Å². The Kier molecular flexibility index (Phi) is 10.4. The molecule has 134 valence electrons. The molecule has 1 saturated heterocycles. The Morgan fingerprint density at radius 3 is 2.39 bits per heavy atom. The molecule has 2 atom stereocenters. The van der Waals surface area contributed by atoms with Crippen LogP contribution in [0.3, 0.4) is 0 Å². The van der Waals surface area contributed by atoms with Crippen molar-refractivity contribution in [3.8, 4) is 0 Å². The zero-order valence-electron chi connectivity index (χ0n) is 15.6. The van der Waals surface area contributed by atoms with Crippen LogP contribution < -0.4 is 0 Å². The van der Waals surface area contributed by atoms with Crippen LogP contribution in [0.15, 0.2) is 23.3 Å². The molecule has 0 bridgehead atoms. The van der Waals surface area contributed by atoms with Crippen LogP contribution in [0.5, 0.6) is 0 Å². The average molecular weight is 347 g/mol. The zero-order valence-corrected chi connectivity index (χ0v) is 16.3. The standard InChI is InChI=1S/C15H26BClO4.C2H6/c1-6-15(5)14(3,4)20-16(21-15)12(2)8-7-9-13(17)10-11-19-18;1-2/h7-8,10,12,18H,6,9,11H2,1-5H3;1-2H3/b8-7?,13-10+;/t12-,15?;/m0./s1. The van der Waals surface area contributed by atoms with E-state index in [9.17, 15) is 0 Å². The molecule has 4 nitrogen and oxygen atoms in total. The molecular weight excluding hydrogens is 314 g/mol. The lowest BCUT2D eigenvalue weighted by atomic mass is 9.73. The molecule has 1 heterocycles. The maximum absolute atomic E-state index is 8.24. The second-order valence-corrected chi connectivity index (χ2v) is 6.62. The van der Waals surface area contributed by atoms with E-state index in [4.69, 9.17) is 26.2 Å². The van der Waals surface area contributed by atoms with E-state index >= 15 is 0 Å². The Labute approximate surface area is 146 Å². The molecule has 1 aliphatic heterocycles. The Balaban J connectivity index is 0.00000232. The first-order valence-corrected chi connectivity index (χ1v) is 8.76. The third-order valence-corrected chi connectivity index (χ3v) is 4.61. The molecule has 0 spiro atoms. The van der Waals surface area contributed by atoms with Gasteiger partial charge in [0, 0.05) is 17.3 Å². The van der Waals surface area contributed by atoms with E-state index in [1.807, 2.05) is 26.0 Å².